The molecule has 0 bridgehead atoms. The van der Waals surface area contributed by atoms with E-state index in [1.54, 1.807) is 0 Å². The first-order chi connectivity index (χ1) is 4.83. The van der Waals surface area contributed by atoms with Crippen molar-refractivity contribution in [1.82, 2.24) is 0 Å². The van der Waals surface area contributed by atoms with Crippen molar-refractivity contribution >= 4 is 0 Å². The maximum atomic E-state index is 6.64. The van der Waals surface area contributed by atoms with E-state index in [0.29, 0.717) is 12.5 Å². The number of nitrogens with zero attached hydrogens (tertiary/aromatic N) is 1. The number of hydrogen-bond donors (Lipinski definition) is 0. The molecular weight excluding hydrogens is 310 g/mol. The van der Waals surface area contributed by atoms with Gasteiger partial charge in [-0.1, -0.05) is 12.8 Å². The van der Waals surface area contributed by atoms with Crippen molar-refractivity contribution in [3.63, 3.8) is 0 Å². The van der Waals surface area contributed by atoms with Crippen LogP contribution in [0.5, 0.6) is 0 Å². The summed E-state index contributed by atoms with van der Waals surface area (Å²) >= 11 is 0. The molecule has 11 heavy (non-hydrogen) atoms. The molecule has 1 saturated heterocycles. The van der Waals surface area contributed by atoms with E-state index in [2.05, 4.69) is 11.8 Å². The van der Waals surface area contributed by atoms with Crippen LogP contribution < -0.4 is 0 Å². The molecule has 0 amide bonds. The van der Waals surface area contributed by atoms with E-state index in [0.717, 1.165) is 12.8 Å². The van der Waals surface area contributed by atoms with Gasteiger partial charge in [0.25, 0.3) is 0 Å². The van der Waals surface area contributed by atoms with Crippen molar-refractivity contribution in [2.24, 2.45) is 5.92 Å². The van der Waals surface area contributed by atoms with Crippen LogP contribution in [0.4, 0.5) is 0 Å². The molecule has 0 aromatic heterocycles. The van der Waals surface area contributed by atoms with Crippen LogP contribution in [-0.4, -0.2) is 12.6 Å². The Morgan fingerprint density at radius 2 is 2.45 bits per heavy atom. The number of hydrogen-bond acceptors (Lipinski definition) is 1. The predicted molar refractivity (Wildman–Crippen MR) is 39.0 cm³/mol. The third-order valence-electron chi connectivity index (χ3n) is 1.75. The van der Waals surface area contributed by atoms with E-state index in [1.807, 2.05) is 6.61 Å². The van der Waals surface area contributed by atoms with Gasteiger partial charge in [0.1, 0.15) is 0 Å². The molecule has 0 spiro atoms. The molecule has 2 nitrogen and oxygen atoms in total. The quantitative estimate of drug-likeness (QED) is 0.672. The van der Waals surface area contributed by atoms with E-state index in [4.69, 9.17) is 11.3 Å². The minimum Gasteiger partial charge on any atom is -0.544 e. The molecule has 2 unspecified atom stereocenters. The van der Waals surface area contributed by atoms with Gasteiger partial charge in [0.05, 0.1) is 6.10 Å². The molecule has 0 radical (unpaired) electrons. The van der Waals surface area contributed by atoms with Crippen LogP contribution in [0, 0.1) is 19.1 Å². The molecule has 2 atom stereocenters. The summed E-state index contributed by atoms with van der Waals surface area (Å²) in [5, 5.41) is 0. The topological polar surface area (TPSA) is 13.6 Å². The summed E-state index contributed by atoms with van der Waals surface area (Å²) in [5.74, 6) is 0.695. The van der Waals surface area contributed by atoms with Gasteiger partial charge in [0, 0.05) is 21.1 Å². The fourth-order valence-electron chi connectivity index (χ4n) is 1.18. The Bertz CT molecular complexity index is 144. The van der Waals surface area contributed by atoms with Crippen molar-refractivity contribution < 1.29 is 25.8 Å². The average molecular weight is 322 g/mol. The van der Waals surface area contributed by atoms with Crippen LogP contribution in [0.3, 0.4) is 0 Å². The van der Waals surface area contributed by atoms with Gasteiger partial charge in [-0.15, -0.1) is 0 Å². The molecule has 0 aromatic rings. The normalized spacial score (nSPS) is 30.2. The number of rotatable bonds is 1. The summed E-state index contributed by atoms with van der Waals surface area (Å²) in [4.78, 5) is 3.30. The summed E-state index contributed by atoms with van der Waals surface area (Å²) < 4.78 is 5.25. The average Bonchev–Trinajstić information content (AvgIpc) is 1.88. The molecule has 0 saturated carbocycles. The first kappa shape index (κ1) is 11.1. The minimum atomic E-state index is 0. The van der Waals surface area contributed by atoms with E-state index in [1.165, 1.54) is 0 Å². The second-order valence-corrected chi connectivity index (χ2v) is 2.84. The van der Waals surface area contributed by atoms with Gasteiger partial charge in [0.2, 0.25) is 6.54 Å². The van der Waals surface area contributed by atoms with Crippen LogP contribution in [0.15, 0.2) is 0 Å². The Hall–Kier alpha value is 0.138. The SMILES string of the molecule is [C-]#[N+]CC1CC(C)C[CH-]O1.[W]. The largest absolute Gasteiger partial charge is 0.544 e. The van der Waals surface area contributed by atoms with Gasteiger partial charge < -0.3 is 9.58 Å². The first-order valence-electron chi connectivity index (χ1n) is 3.63. The number of ether oxygens (including phenoxy) is 1. The molecule has 0 aromatic carbocycles. The maximum absolute atomic E-state index is 6.64. The van der Waals surface area contributed by atoms with Crippen LogP contribution in [0.1, 0.15) is 19.8 Å². The molecule has 3 heteroatoms. The van der Waals surface area contributed by atoms with E-state index >= 15 is 0 Å². The zero-order valence-electron chi connectivity index (χ0n) is 6.62. The third-order valence-corrected chi connectivity index (χ3v) is 1.75. The van der Waals surface area contributed by atoms with Crippen molar-refractivity contribution in [3.05, 3.63) is 18.0 Å². The van der Waals surface area contributed by atoms with E-state index in [9.17, 15) is 0 Å². The minimum absolute atomic E-state index is 0. The molecule has 62 valence electrons. The summed E-state index contributed by atoms with van der Waals surface area (Å²) in [6, 6.07) is 0. The summed E-state index contributed by atoms with van der Waals surface area (Å²) in [6.07, 6.45) is 2.24. The van der Waals surface area contributed by atoms with Crippen molar-refractivity contribution in [2.75, 3.05) is 6.54 Å². The van der Waals surface area contributed by atoms with E-state index < -0.39 is 0 Å². The van der Waals surface area contributed by atoms with Gasteiger partial charge in [-0.05, 0) is 6.42 Å². The predicted octanol–water partition coefficient (Wildman–Crippen LogP) is 1.88. The molecule has 1 fully saturated rings. The van der Waals surface area contributed by atoms with Gasteiger partial charge in [0.15, 0.2) is 0 Å². The Morgan fingerprint density at radius 1 is 1.73 bits per heavy atom. The molecule has 1 aliphatic rings. The summed E-state index contributed by atoms with van der Waals surface area (Å²) in [6.45, 7) is 11.2. The van der Waals surface area contributed by atoms with Crippen LogP contribution in [0.25, 0.3) is 4.85 Å². The van der Waals surface area contributed by atoms with Crippen molar-refractivity contribution in [2.45, 2.75) is 25.9 Å². The molecule has 1 aliphatic heterocycles. The second kappa shape index (κ2) is 5.75. The Labute approximate surface area is 82.4 Å². The fraction of sp³-hybridized carbons (Fsp3) is 0.750. The van der Waals surface area contributed by atoms with Gasteiger partial charge in [-0.25, -0.2) is 13.2 Å². The van der Waals surface area contributed by atoms with Gasteiger partial charge in [-0.3, -0.25) is 0 Å². The Kier molecular flexibility index (Phi) is 5.82. The molecule has 1 rings (SSSR count). The zero-order chi connectivity index (χ0) is 7.40. The van der Waals surface area contributed by atoms with Gasteiger partial charge in [-0.2, -0.15) is 6.42 Å². The fourth-order valence-corrected chi connectivity index (χ4v) is 1.18. The standard InChI is InChI=1S/C8H12NO.W/c1-7-3-4-10-8(5-7)6-9-2;/h4,7-8H,3,5-6H2,1H3;/q-1;. The Balaban J connectivity index is 0.000001000. The van der Waals surface area contributed by atoms with Crippen LogP contribution in [-0.2, 0) is 25.8 Å². The molecule has 0 aliphatic carbocycles. The molecular formula is C8H12NOW-. The van der Waals surface area contributed by atoms with Crippen LogP contribution in [0.2, 0.25) is 0 Å². The third kappa shape index (κ3) is 3.89. The van der Waals surface area contributed by atoms with Crippen molar-refractivity contribution in [3.8, 4) is 0 Å². The summed E-state index contributed by atoms with van der Waals surface area (Å²) in [7, 11) is 0. The van der Waals surface area contributed by atoms with Gasteiger partial charge >= 0.3 is 0 Å². The first-order valence-corrected chi connectivity index (χ1v) is 3.63. The maximum Gasteiger partial charge on any atom is 0.237 e. The molecule has 0 N–H and O–H groups in total. The molecule has 1 heterocycles. The van der Waals surface area contributed by atoms with Crippen LogP contribution >= 0.6 is 0 Å². The second-order valence-electron chi connectivity index (χ2n) is 2.84. The summed E-state index contributed by atoms with van der Waals surface area (Å²) in [5.41, 5.74) is 0. The smallest absolute Gasteiger partial charge is 0.237 e. The van der Waals surface area contributed by atoms with Crippen molar-refractivity contribution in [1.29, 1.82) is 0 Å². The Morgan fingerprint density at radius 3 is 3.00 bits per heavy atom. The van der Waals surface area contributed by atoms with E-state index in [-0.39, 0.29) is 27.2 Å². The monoisotopic (exact) mass is 322 g/mol. The zero-order valence-corrected chi connectivity index (χ0v) is 9.55.